The molecule has 1 saturated heterocycles. The molecule has 0 radical (unpaired) electrons. The van der Waals surface area contributed by atoms with Crippen molar-refractivity contribution in [2.24, 2.45) is 0 Å². The van der Waals surface area contributed by atoms with Gasteiger partial charge in [0.25, 0.3) is 5.91 Å². The molecule has 1 amide bonds. The first kappa shape index (κ1) is 14.9. The van der Waals surface area contributed by atoms with Crippen LogP contribution in [-0.2, 0) is 0 Å². The zero-order chi connectivity index (χ0) is 12.3. The van der Waals surface area contributed by atoms with Crippen molar-refractivity contribution in [1.82, 2.24) is 10.2 Å². The van der Waals surface area contributed by atoms with E-state index in [1.165, 1.54) is 12.1 Å². The molecule has 2 heterocycles. The predicted molar refractivity (Wildman–Crippen MR) is 71.6 cm³/mol. The van der Waals surface area contributed by atoms with Crippen LogP contribution in [-0.4, -0.2) is 41.9 Å². The third-order valence-corrected chi connectivity index (χ3v) is 3.63. The van der Waals surface area contributed by atoms with E-state index in [0.717, 1.165) is 30.8 Å². The van der Waals surface area contributed by atoms with Crippen LogP contribution in [0.4, 0.5) is 5.00 Å². The molecule has 1 fully saturated rings. The molecule has 1 aliphatic heterocycles. The maximum absolute atomic E-state index is 12.1. The lowest BCUT2D eigenvalue weighted by Crippen LogP contribution is -2.33. The molecule has 6 nitrogen and oxygen atoms in total. The lowest BCUT2D eigenvalue weighted by Gasteiger charge is -2.18. The van der Waals surface area contributed by atoms with E-state index in [-0.39, 0.29) is 23.3 Å². The smallest absolute Gasteiger partial charge is 0.324 e. The van der Waals surface area contributed by atoms with Crippen molar-refractivity contribution in [3.05, 3.63) is 27.1 Å². The van der Waals surface area contributed by atoms with Crippen LogP contribution in [0.25, 0.3) is 0 Å². The number of halogens is 1. The number of hydrogen-bond acceptors (Lipinski definition) is 5. The summed E-state index contributed by atoms with van der Waals surface area (Å²) in [6.07, 6.45) is 0.916. The predicted octanol–water partition coefficient (Wildman–Crippen LogP) is 1.51. The zero-order valence-corrected chi connectivity index (χ0v) is 11.3. The van der Waals surface area contributed by atoms with Crippen molar-refractivity contribution < 1.29 is 9.72 Å². The van der Waals surface area contributed by atoms with Crippen LogP contribution in [0.2, 0.25) is 0 Å². The van der Waals surface area contributed by atoms with Crippen LogP contribution in [0, 0.1) is 10.1 Å². The van der Waals surface area contributed by atoms with Crippen LogP contribution in [0.5, 0.6) is 0 Å². The first-order chi connectivity index (χ1) is 8.18. The minimum absolute atomic E-state index is 0. The van der Waals surface area contributed by atoms with Crippen LogP contribution >= 0.6 is 23.7 Å². The van der Waals surface area contributed by atoms with Gasteiger partial charge in [0.05, 0.1) is 9.80 Å². The fraction of sp³-hybridized carbons (Fsp3) is 0.500. The highest BCUT2D eigenvalue weighted by Gasteiger charge is 2.21. The number of carbonyl (C=O) groups is 1. The molecule has 2 rings (SSSR count). The first-order valence-corrected chi connectivity index (χ1v) is 6.24. The fourth-order valence-electron chi connectivity index (χ4n) is 1.75. The molecule has 100 valence electrons. The van der Waals surface area contributed by atoms with Crippen LogP contribution in [0.15, 0.2) is 12.1 Å². The minimum atomic E-state index is -0.467. The van der Waals surface area contributed by atoms with Crippen molar-refractivity contribution >= 4 is 34.7 Å². The molecule has 0 unspecified atom stereocenters. The summed E-state index contributed by atoms with van der Waals surface area (Å²) in [4.78, 5) is 24.3. The first-order valence-electron chi connectivity index (χ1n) is 5.42. The monoisotopic (exact) mass is 291 g/mol. The summed E-state index contributed by atoms with van der Waals surface area (Å²) in [7, 11) is 0. The van der Waals surface area contributed by atoms with Crippen LogP contribution < -0.4 is 5.32 Å². The molecule has 1 aliphatic rings. The SMILES string of the molecule is Cl.O=C(c1ccc([N+](=O)[O-])s1)N1CCCNCC1. The van der Waals surface area contributed by atoms with E-state index in [0.29, 0.717) is 18.0 Å². The van der Waals surface area contributed by atoms with Gasteiger partial charge < -0.3 is 10.2 Å². The number of thiophene rings is 1. The maximum Gasteiger partial charge on any atom is 0.324 e. The molecule has 0 atom stereocenters. The van der Waals surface area contributed by atoms with E-state index in [1.807, 2.05) is 0 Å². The highest BCUT2D eigenvalue weighted by molar-refractivity contribution is 7.17. The van der Waals surface area contributed by atoms with Gasteiger partial charge in [-0.3, -0.25) is 14.9 Å². The average Bonchev–Trinajstić information content (AvgIpc) is 2.65. The summed E-state index contributed by atoms with van der Waals surface area (Å²) in [5.41, 5.74) is 0. The van der Waals surface area contributed by atoms with Crippen molar-refractivity contribution in [2.75, 3.05) is 26.2 Å². The number of carbonyl (C=O) groups excluding carboxylic acids is 1. The number of rotatable bonds is 2. The molecule has 1 aromatic heterocycles. The van der Waals surface area contributed by atoms with Crippen molar-refractivity contribution in [1.29, 1.82) is 0 Å². The average molecular weight is 292 g/mol. The largest absolute Gasteiger partial charge is 0.337 e. The maximum atomic E-state index is 12.1. The molecule has 0 aliphatic carbocycles. The van der Waals surface area contributed by atoms with Gasteiger partial charge in [-0.1, -0.05) is 11.3 Å². The van der Waals surface area contributed by atoms with Gasteiger partial charge in [-0.25, -0.2) is 0 Å². The molecular weight excluding hydrogens is 278 g/mol. The van der Waals surface area contributed by atoms with Gasteiger partial charge in [0.15, 0.2) is 0 Å². The number of hydrogen-bond donors (Lipinski definition) is 1. The molecule has 1 aromatic rings. The summed E-state index contributed by atoms with van der Waals surface area (Å²) in [5, 5.41) is 13.8. The van der Waals surface area contributed by atoms with Crippen molar-refractivity contribution in [2.45, 2.75) is 6.42 Å². The number of nitro groups is 1. The van der Waals surface area contributed by atoms with Crippen LogP contribution in [0.1, 0.15) is 16.1 Å². The van der Waals surface area contributed by atoms with Gasteiger partial charge >= 0.3 is 5.00 Å². The third kappa shape index (κ3) is 3.41. The Hall–Kier alpha value is -1.18. The minimum Gasteiger partial charge on any atom is -0.337 e. The summed E-state index contributed by atoms with van der Waals surface area (Å²) in [6, 6.07) is 2.91. The van der Waals surface area contributed by atoms with Gasteiger partial charge in [0, 0.05) is 25.7 Å². The van der Waals surface area contributed by atoms with Crippen LogP contribution in [0.3, 0.4) is 0 Å². The highest BCUT2D eigenvalue weighted by Crippen LogP contribution is 2.25. The van der Waals surface area contributed by atoms with Gasteiger partial charge in [0.1, 0.15) is 0 Å². The van der Waals surface area contributed by atoms with E-state index in [9.17, 15) is 14.9 Å². The summed E-state index contributed by atoms with van der Waals surface area (Å²) in [6.45, 7) is 3.05. The second-order valence-corrected chi connectivity index (χ2v) is 4.85. The Morgan fingerprint density at radius 3 is 2.83 bits per heavy atom. The Labute approximate surface area is 115 Å². The van der Waals surface area contributed by atoms with E-state index in [1.54, 1.807) is 4.90 Å². The Balaban J connectivity index is 0.00000162. The molecule has 0 bridgehead atoms. The highest BCUT2D eigenvalue weighted by atomic mass is 35.5. The Morgan fingerprint density at radius 1 is 1.39 bits per heavy atom. The standard InChI is InChI=1S/C10H13N3O3S.ClH/c14-10(12-6-1-4-11-5-7-12)8-2-3-9(17-8)13(15)16;/h2-3,11H,1,4-7H2;1H. The lowest BCUT2D eigenvalue weighted by molar-refractivity contribution is -0.380. The molecule has 0 spiro atoms. The quantitative estimate of drug-likeness (QED) is 0.662. The van der Waals surface area contributed by atoms with Gasteiger partial charge in [0.2, 0.25) is 0 Å². The molecule has 0 saturated carbocycles. The Morgan fingerprint density at radius 2 is 2.17 bits per heavy atom. The lowest BCUT2D eigenvalue weighted by atomic mass is 10.3. The fourth-order valence-corrected chi connectivity index (χ4v) is 2.53. The molecule has 0 aromatic carbocycles. The van der Waals surface area contributed by atoms with E-state index in [2.05, 4.69) is 5.32 Å². The molecule has 18 heavy (non-hydrogen) atoms. The Kier molecular flexibility index (Phi) is 5.52. The summed E-state index contributed by atoms with van der Waals surface area (Å²) < 4.78 is 0. The van der Waals surface area contributed by atoms with E-state index < -0.39 is 4.92 Å². The molecular formula is C10H14ClN3O3S. The van der Waals surface area contributed by atoms with Gasteiger partial charge in [-0.15, -0.1) is 12.4 Å². The summed E-state index contributed by atoms with van der Waals surface area (Å²) in [5.74, 6) is -0.105. The van der Waals surface area contributed by atoms with Gasteiger partial charge in [-0.05, 0) is 19.0 Å². The normalized spacial score (nSPS) is 15.7. The summed E-state index contributed by atoms with van der Waals surface area (Å²) >= 11 is 0.939. The number of amides is 1. The molecule has 1 N–H and O–H groups in total. The molecule has 8 heteroatoms. The van der Waals surface area contributed by atoms with Crippen molar-refractivity contribution in [3.8, 4) is 0 Å². The van der Waals surface area contributed by atoms with Crippen molar-refractivity contribution in [3.63, 3.8) is 0 Å². The third-order valence-electron chi connectivity index (χ3n) is 2.61. The van der Waals surface area contributed by atoms with E-state index in [4.69, 9.17) is 0 Å². The van der Waals surface area contributed by atoms with E-state index >= 15 is 0 Å². The number of nitrogens with zero attached hydrogens (tertiary/aromatic N) is 2. The number of nitrogens with one attached hydrogen (secondary N) is 1. The topological polar surface area (TPSA) is 75.5 Å². The zero-order valence-electron chi connectivity index (χ0n) is 9.63. The Bertz CT molecular complexity index is 430. The second-order valence-electron chi connectivity index (χ2n) is 3.79. The second kappa shape index (κ2) is 6.67. The van der Waals surface area contributed by atoms with Gasteiger partial charge in [-0.2, -0.15) is 0 Å².